The van der Waals surface area contributed by atoms with E-state index in [9.17, 15) is 0 Å². The summed E-state index contributed by atoms with van der Waals surface area (Å²) >= 11 is 0. The molecule has 0 unspecified atom stereocenters. The van der Waals surface area contributed by atoms with E-state index in [0.29, 0.717) is 5.75 Å². The monoisotopic (exact) mass is 217 g/mol. The molecule has 2 aromatic rings. The molecule has 6 N–H and O–H groups in total. The first-order chi connectivity index (χ1) is 7.66. The summed E-state index contributed by atoms with van der Waals surface area (Å²) in [7, 11) is 0. The van der Waals surface area contributed by atoms with Gasteiger partial charge in [0, 0.05) is 0 Å². The summed E-state index contributed by atoms with van der Waals surface area (Å²) in [6.45, 7) is 0. The molecule has 6 heteroatoms. The molecule has 0 fully saturated rings. The Hall–Kier alpha value is -2.50. The summed E-state index contributed by atoms with van der Waals surface area (Å²) in [5.41, 5.74) is 16.8. The van der Waals surface area contributed by atoms with Crippen LogP contribution in [0.4, 0.5) is 17.5 Å². The summed E-state index contributed by atoms with van der Waals surface area (Å²) in [6, 6.07) is 9.08. The minimum atomic E-state index is 0.0256. The van der Waals surface area contributed by atoms with Crippen molar-refractivity contribution in [1.29, 1.82) is 0 Å². The summed E-state index contributed by atoms with van der Waals surface area (Å²) < 4.78 is 5.43. The molecule has 0 aliphatic heterocycles. The van der Waals surface area contributed by atoms with Crippen molar-refractivity contribution in [3.05, 3.63) is 30.3 Å². The van der Waals surface area contributed by atoms with Gasteiger partial charge in [0.05, 0.1) is 0 Å². The lowest BCUT2D eigenvalue weighted by atomic mass is 10.3. The van der Waals surface area contributed by atoms with E-state index in [2.05, 4.69) is 9.97 Å². The van der Waals surface area contributed by atoms with Crippen LogP contribution in [0.15, 0.2) is 30.3 Å². The van der Waals surface area contributed by atoms with Crippen molar-refractivity contribution >= 4 is 17.5 Å². The van der Waals surface area contributed by atoms with Crippen LogP contribution < -0.4 is 21.9 Å². The highest BCUT2D eigenvalue weighted by atomic mass is 16.5. The first-order valence-corrected chi connectivity index (χ1v) is 4.58. The Labute approximate surface area is 92.1 Å². The Morgan fingerprint density at radius 2 is 1.62 bits per heavy atom. The minimum Gasteiger partial charge on any atom is -0.437 e. The Kier molecular flexibility index (Phi) is 2.47. The zero-order valence-corrected chi connectivity index (χ0v) is 8.42. The Bertz CT molecular complexity index is 500. The van der Waals surface area contributed by atoms with Crippen LogP contribution in [0.3, 0.4) is 0 Å². The van der Waals surface area contributed by atoms with Crippen molar-refractivity contribution in [2.24, 2.45) is 0 Å². The maximum atomic E-state index is 5.67. The van der Waals surface area contributed by atoms with Gasteiger partial charge in [0.15, 0.2) is 5.82 Å². The predicted octanol–water partition coefficient (Wildman–Crippen LogP) is 1.02. The maximum Gasteiger partial charge on any atom is 0.249 e. The van der Waals surface area contributed by atoms with E-state index < -0.39 is 0 Å². The van der Waals surface area contributed by atoms with Crippen LogP contribution >= 0.6 is 0 Å². The van der Waals surface area contributed by atoms with Gasteiger partial charge in [-0.15, -0.1) is 0 Å². The van der Waals surface area contributed by atoms with Crippen LogP contribution in [0.5, 0.6) is 11.6 Å². The molecule has 82 valence electrons. The maximum absolute atomic E-state index is 5.67. The first kappa shape index (κ1) is 10.0. The van der Waals surface area contributed by atoms with Gasteiger partial charge >= 0.3 is 0 Å². The van der Waals surface area contributed by atoms with Crippen molar-refractivity contribution in [3.8, 4) is 11.6 Å². The standard InChI is InChI=1S/C10H11N5O/c11-7-8(12)14-10(13)15-9(7)16-6-4-2-1-3-5-6/h1-5H,11H2,(H4,12,13,14,15). The molecule has 1 aromatic heterocycles. The van der Waals surface area contributed by atoms with Gasteiger partial charge in [-0.2, -0.15) is 9.97 Å². The molecule has 6 nitrogen and oxygen atoms in total. The predicted molar refractivity (Wildman–Crippen MR) is 61.8 cm³/mol. The van der Waals surface area contributed by atoms with Crippen molar-refractivity contribution < 1.29 is 4.74 Å². The lowest BCUT2D eigenvalue weighted by molar-refractivity contribution is 0.466. The summed E-state index contributed by atoms with van der Waals surface area (Å²) in [4.78, 5) is 7.58. The van der Waals surface area contributed by atoms with Crippen LogP contribution in [-0.2, 0) is 0 Å². The number of aromatic nitrogens is 2. The van der Waals surface area contributed by atoms with Gasteiger partial charge in [-0.05, 0) is 12.1 Å². The van der Waals surface area contributed by atoms with Crippen molar-refractivity contribution in [2.45, 2.75) is 0 Å². The number of rotatable bonds is 2. The average molecular weight is 217 g/mol. The fraction of sp³-hybridized carbons (Fsp3) is 0. The molecule has 0 bridgehead atoms. The number of ether oxygens (including phenoxy) is 1. The lowest BCUT2D eigenvalue weighted by Gasteiger charge is -2.08. The molecule has 0 spiro atoms. The molecule has 0 aliphatic carbocycles. The van der Waals surface area contributed by atoms with Crippen LogP contribution in [0.25, 0.3) is 0 Å². The van der Waals surface area contributed by atoms with E-state index in [1.54, 1.807) is 12.1 Å². The van der Waals surface area contributed by atoms with Crippen molar-refractivity contribution in [3.63, 3.8) is 0 Å². The van der Waals surface area contributed by atoms with Crippen molar-refractivity contribution in [2.75, 3.05) is 17.2 Å². The van der Waals surface area contributed by atoms with Crippen molar-refractivity contribution in [1.82, 2.24) is 9.97 Å². The molecule has 0 saturated heterocycles. The zero-order chi connectivity index (χ0) is 11.5. The van der Waals surface area contributed by atoms with Gasteiger partial charge in [0.1, 0.15) is 11.4 Å². The molecule has 0 amide bonds. The van der Waals surface area contributed by atoms with Gasteiger partial charge < -0.3 is 21.9 Å². The number of hydrogen-bond acceptors (Lipinski definition) is 6. The summed E-state index contributed by atoms with van der Waals surface area (Å²) in [5.74, 6) is 0.902. The fourth-order valence-corrected chi connectivity index (χ4v) is 1.16. The van der Waals surface area contributed by atoms with Gasteiger partial charge in [-0.25, -0.2) is 0 Å². The van der Waals surface area contributed by atoms with E-state index in [1.807, 2.05) is 18.2 Å². The molecule has 0 atom stereocenters. The largest absolute Gasteiger partial charge is 0.437 e. The van der Waals surface area contributed by atoms with Gasteiger partial charge in [-0.3, -0.25) is 0 Å². The third-order valence-corrected chi connectivity index (χ3v) is 1.92. The van der Waals surface area contributed by atoms with Crippen LogP contribution in [0.1, 0.15) is 0 Å². The minimum absolute atomic E-state index is 0.0256. The van der Waals surface area contributed by atoms with E-state index >= 15 is 0 Å². The van der Waals surface area contributed by atoms with Crippen LogP contribution in [0, 0.1) is 0 Å². The molecule has 16 heavy (non-hydrogen) atoms. The summed E-state index contributed by atoms with van der Waals surface area (Å²) in [6.07, 6.45) is 0. The Balaban J connectivity index is 2.35. The molecule has 0 radical (unpaired) electrons. The number of anilines is 3. The third kappa shape index (κ3) is 1.95. The number of para-hydroxylation sites is 1. The van der Waals surface area contributed by atoms with Crippen LogP contribution in [0.2, 0.25) is 0 Å². The molecular weight excluding hydrogens is 206 g/mol. The molecular formula is C10H11N5O. The molecule has 2 rings (SSSR count). The topological polar surface area (TPSA) is 113 Å². The van der Waals surface area contributed by atoms with E-state index in [0.717, 1.165) is 0 Å². The molecule has 0 aliphatic rings. The number of benzene rings is 1. The lowest BCUT2D eigenvalue weighted by Crippen LogP contribution is -2.06. The van der Waals surface area contributed by atoms with E-state index in [4.69, 9.17) is 21.9 Å². The smallest absolute Gasteiger partial charge is 0.249 e. The highest BCUT2D eigenvalue weighted by Gasteiger charge is 2.09. The SMILES string of the molecule is Nc1nc(N)c(N)c(Oc2ccccc2)n1. The molecule has 0 saturated carbocycles. The summed E-state index contributed by atoms with van der Waals surface area (Å²) in [5, 5.41) is 0. The Morgan fingerprint density at radius 3 is 2.31 bits per heavy atom. The zero-order valence-electron chi connectivity index (χ0n) is 8.42. The Morgan fingerprint density at radius 1 is 0.938 bits per heavy atom. The average Bonchev–Trinajstić information content (AvgIpc) is 2.27. The quantitative estimate of drug-likeness (QED) is 0.692. The number of nitrogens with zero attached hydrogens (tertiary/aromatic N) is 2. The van der Waals surface area contributed by atoms with E-state index in [1.165, 1.54) is 0 Å². The molecule has 1 heterocycles. The second kappa shape index (κ2) is 3.93. The van der Waals surface area contributed by atoms with Gasteiger partial charge in [0.25, 0.3) is 0 Å². The van der Waals surface area contributed by atoms with Crippen LogP contribution in [-0.4, -0.2) is 9.97 Å². The number of nitrogen functional groups attached to an aromatic ring is 3. The van der Waals surface area contributed by atoms with Gasteiger partial charge in [-0.1, -0.05) is 18.2 Å². The first-order valence-electron chi connectivity index (χ1n) is 4.58. The normalized spacial score (nSPS) is 10.0. The highest BCUT2D eigenvalue weighted by molar-refractivity contribution is 5.66. The fourth-order valence-electron chi connectivity index (χ4n) is 1.16. The molecule has 1 aromatic carbocycles. The number of nitrogens with two attached hydrogens (primary N) is 3. The third-order valence-electron chi connectivity index (χ3n) is 1.92. The highest BCUT2D eigenvalue weighted by Crippen LogP contribution is 2.28. The van der Waals surface area contributed by atoms with E-state index in [-0.39, 0.29) is 23.3 Å². The second-order valence-electron chi connectivity index (χ2n) is 3.10. The number of hydrogen-bond donors (Lipinski definition) is 3. The second-order valence-corrected chi connectivity index (χ2v) is 3.10. The van der Waals surface area contributed by atoms with Gasteiger partial charge in [0.2, 0.25) is 11.8 Å².